The first kappa shape index (κ1) is 16.4. The zero-order valence-electron chi connectivity index (χ0n) is 11.7. The van der Waals surface area contributed by atoms with Gasteiger partial charge in [0, 0.05) is 14.8 Å². The highest BCUT2D eigenvalue weighted by molar-refractivity contribution is 7.99. The summed E-state index contributed by atoms with van der Waals surface area (Å²) in [5.41, 5.74) is 0.698. The van der Waals surface area contributed by atoms with E-state index in [1.165, 1.54) is 18.9 Å². The Morgan fingerprint density at radius 3 is 2.36 bits per heavy atom. The van der Waals surface area contributed by atoms with Gasteiger partial charge in [-0.3, -0.25) is 4.79 Å². The lowest BCUT2D eigenvalue weighted by Gasteiger charge is -2.09. The highest BCUT2D eigenvalue weighted by Gasteiger charge is 2.15. The quantitative estimate of drug-likeness (QED) is 0.839. The van der Waals surface area contributed by atoms with Gasteiger partial charge >= 0.3 is 11.9 Å². The Hall–Kier alpha value is -1.98. The summed E-state index contributed by atoms with van der Waals surface area (Å²) < 4.78 is 4.68. The largest absolute Gasteiger partial charge is 0.481 e. The number of methoxy groups -OCH3 is 1. The van der Waals surface area contributed by atoms with Gasteiger partial charge in [0.05, 0.1) is 19.1 Å². The van der Waals surface area contributed by atoms with Crippen molar-refractivity contribution in [3.05, 3.63) is 58.6 Å². The molecule has 6 heteroatoms. The fraction of sp³-hybridized carbons (Fsp3) is 0.125. The molecule has 0 heterocycles. The molecule has 0 bridgehead atoms. The molecule has 0 saturated heterocycles. The maximum atomic E-state index is 11.7. The number of ether oxygens (including phenoxy) is 1. The van der Waals surface area contributed by atoms with Gasteiger partial charge in [0.25, 0.3) is 0 Å². The van der Waals surface area contributed by atoms with E-state index in [0.29, 0.717) is 10.6 Å². The van der Waals surface area contributed by atoms with Crippen molar-refractivity contribution in [3.8, 4) is 0 Å². The molecule has 0 radical (unpaired) electrons. The van der Waals surface area contributed by atoms with E-state index in [2.05, 4.69) is 4.74 Å². The summed E-state index contributed by atoms with van der Waals surface area (Å²) in [6, 6.07) is 12.4. The van der Waals surface area contributed by atoms with E-state index < -0.39 is 11.9 Å². The molecule has 22 heavy (non-hydrogen) atoms. The molecule has 0 aliphatic rings. The number of esters is 1. The molecule has 0 saturated carbocycles. The van der Waals surface area contributed by atoms with E-state index in [1.807, 2.05) is 12.1 Å². The smallest absolute Gasteiger partial charge is 0.338 e. The normalized spacial score (nSPS) is 10.3. The summed E-state index contributed by atoms with van der Waals surface area (Å²) in [6.45, 7) is 0. The number of halogens is 1. The van der Waals surface area contributed by atoms with Gasteiger partial charge < -0.3 is 9.84 Å². The highest BCUT2D eigenvalue weighted by Crippen LogP contribution is 2.30. The second-order valence-corrected chi connectivity index (χ2v) is 6.02. The van der Waals surface area contributed by atoms with E-state index >= 15 is 0 Å². The van der Waals surface area contributed by atoms with Crippen LogP contribution in [-0.4, -0.2) is 24.2 Å². The second kappa shape index (κ2) is 7.33. The molecular formula is C16H13ClO4S. The Morgan fingerprint density at radius 1 is 1.14 bits per heavy atom. The van der Waals surface area contributed by atoms with Gasteiger partial charge in [-0.1, -0.05) is 23.4 Å². The van der Waals surface area contributed by atoms with Crippen molar-refractivity contribution in [2.45, 2.75) is 16.2 Å². The predicted molar refractivity (Wildman–Crippen MR) is 84.7 cm³/mol. The fourth-order valence-electron chi connectivity index (χ4n) is 1.89. The molecule has 2 aromatic carbocycles. The number of carbonyl (C=O) groups is 2. The maximum Gasteiger partial charge on any atom is 0.338 e. The monoisotopic (exact) mass is 336 g/mol. The van der Waals surface area contributed by atoms with Gasteiger partial charge in [0.1, 0.15) is 0 Å². The van der Waals surface area contributed by atoms with Gasteiger partial charge in [0.15, 0.2) is 0 Å². The van der Waals surface area contributed by atoms with Crippen LogP contribution in [0.15, 0.2) is 52.3 Å². The summed E-state index contributed by atoms with van der Waals surface area (Å²) in [5, 5.41) is 9.63. The van der Waals surface area contributed by atoms with Crippen molar-refractivity contribution >= 4 is 35.3 Å². The summed E-state index contributed by atoms with van der Waals surface area (Å²) in [5.74, 6) is -1.54. The van der Waals surface area contributed by atoms with Gasteiger partial charge in [-0.2, -0.15) is 0 Å². The third-order valence-corrected chi connectivity index (χ3v) is 4.12. The van der Waals surface area contributed by atoms with Crippen molar-refractivity contribution in [2.24, 2.45) is 0 Å². The topological polar surface area (TPSA) is 63.6 Å². The van der Waals surface area contributed by atoms with Crippen molar-refractivity contribution < 1.29 is 19.4 Å². The Bertz CT molecular complexity index is 698. The van der Waals surface area contributed by atoms with Crippen LogP contribution in [0.25, 0.3) is 0 Å². The van der Waals surface area contributed by atoms with Gasteiger partial charge in [-0.15, -0.1) is 0 Å². The van der Waals surface area contributed by atoms with E-state index in [4.69, 9.17) is 16.7 Å². The molecule has 4 nitrogen and oxygen atoms in total. The van der Waals surface area contributed by atoms with Crippen LogP contribution in [0.1, 0.15) is 15.9 Å². The third-order valence-electron chi connectivity index (χ3n) is 2.87. The van der Waals surface area contributed by atoms with Crippen molar-refractivity contribution in [1.82, 2.24) is 0 Å². The van der Waals surface area contributed by atoms with E-state index in [0.717, 1.165) is 9.79 Å². The number of carbonyl (C=O) groups excluding carboxylic acids is 1. The first-order valence-corrected chi connectivity index (χ1v) is 7.55. The molecule has 0 unspecified atom stereocenters. The Labute approximate surface area is 137 Å². The minimum absolute atomic E-state index is 0.237. The second-order valence-electron chi connectivity index (χ2n) is 4.44. The molecule has 2 rings (SSSR count). The molecule has 0 spiro atoms. The predicted octanol–water partition coefficient (Wildman–Crippen LogP) is 3.90. The minimum atomic E-state index is -1.00. The molecule has 0 fully saturated rings. The number of hydrogen-bond acceptors (Lipinski definition) is 4. The fourth-order valence-corrected chi connectivity index (χ4v) is 2.90. The standard InChI is InChI=1S/C16H13ClO4S/c1-21-16(20)14-7-6-13(8-10(14)9-15(18)19)22-12-4-2-11(17)3-5-12/h2-8H,9H2,1H3,(H,18,19). The van der Waals surface area contributed by atoms with Crippen LogP contribution in [0.2, 0.25) is 5.02 Å². The van der Waals surface area contributed by atoms with E-state index in [9.17, 15) is 9.59 Å². The first-order chi connectivity index (χ1) is 10.5. The SMILES string of the molecule is COC(=O)c1ccc(Sc2ccc(Cl)cc2)cc1CC(=O)O. The number of carboxylic acids is 1. The van der Waals surface area contributed by atoms with Crippen LogP contribution in [-0.2, 0) is 16.0 Å². The molecule has 0 aliphatic carbocycles. The third kappa shape index (κ3) is 4.26. The van der Waals surface area contributed by atoms with Crippen molar-refractivity contribution in [3.63, 3.8) is 0 Å². The number of rotatable bonds is 5. The summed E-state index contributed by atoms with van der Waals surface area (Å²) in [7, 11) is 1.27. The van der Waals surface area contributed by atoms with Crippen LogP contribution >= 0.6 is 23.4 Å². The maximum absolute atomic E-state index is 11.7. The average molecular weight is 337 g/mol. The number of hydrogen-bond donors (Lipinski definition) is 1. The highest BCUT2D eigenvalue weighted by atomic mass is 35.5. The van der Waals surface area contributed by atoms with Crippen molar-refractivity contribution in [1.29, 1.82) is 0 Å². The summed E-state index contributed by atoms with van der Waals surface area (Å²) in [4.78, 5) is 24.5. The van der Waals surface area contributed by atoms with Crippen LogP contribution in [0.5, 0.6) is 0 Å². The Kier molecular flexibility index (Phi) is 5.46. The van der Waals surface area contributed by atoms with E-state index in [-0.39, 0.29) is 12.0 Å². The lowest BCUT2D eigenvalue weighted by molar-refractivity contribution is -0.136. The average Bonchev–Trinajstić information content (AvgIpc) is 2.48. The zero-order valence-corrected chi connectivity index (χ0v) is 13.3. The molecule has 1 N–H and O–H groups in total. The molecular weight excluding hydrogens is 324 g/mol. The lowest BCUT2D eigenvalue weighted by atomic mass is 10.0. The van der Waals surface area contributed by atoms with Crippen molar-refractivity contribution in [2.75, 3.05) is 7.11 Å². The summed E-state index contributed by atoms with van der Waals surface area (Å²) in [6.07, 6.45) is -0.237. The van der Waals surface area contributed by atoms with Gasteiger partial charge in [-0.25, -0.2) is 4.79 Å². The molecule has 114 valence electrons. The number of carboxylic acid groups (broad SMARTS) is 1. The zero-order chi connectivity index (χ0) is 16.1. The number of aliphatic carboxylic acids is 1. The minimum Gasteiger partial charge on any atom is -0.481 e. The molecule has 0 atom stereocenters. The van der Waals surface area contributed by atoms with E-state index in [1.54, 1.807) is 30.3 Å². The first-order valence-electron chi connectivity index (χ1n) is 6.36. The lowest BCUT2D eigenvalue weighted by Crippen LogP contribution is -2.09. The summed E-state index contributed by atoms with van der Waals surface area (Å²) >= 11 is 7.30. The van der Waals surface area contributed by atoms with Gasteiger partial charge in [-0.05, 0) is 48.0 Å². The molecule has 0 amide bonds. The molecule has 0 aliphatic heterocycles. The number of benzene rings is 2. The van der Waals surface area contributed by atoms with Gasteiger partial charge in [0.2, 0.25) is 0 Å². The Morgan fingerprint density at radius 2 is 1.77 bits per heavy atom. The Balaban J connectivity index is 2.31. The van der Waals surface area contributed by atoms with Crippen LogP contribution in [0, 0.1) is 0 Å². The molecule has 2 aromatic rings. The van der Waals surface area contributed by atoms with Crippen LogP contribution < -0.4 is 0 Å². The van der Waals surface area contributed by atoms with Crippen LogP contribution in [0.3, 0.4) is 0 Å². The van der Waals surface area contributed by atoms with Crippen LogP contribution in [0.4, 0.5) is 0 Å². The molecule has 0 aromatic heterocycles.